The molecule has 1 aromatic rings. The first-order valence-electron chi connectivity index (χ1n) is 9.17. The van der Waals surface area contributed by atoms with Gasteiger partial charge < -0.3 is 10.6 Å². The highest BCUT2D eigenvalue weighted by Crippen LogP contribution is 2.29. The lowest BCUT2D eigenvalue weighted by molar-refractivity contribution is -0.125. The highest BCUT2D eigenvalue weighted by Gasteiger charge is 2.41. The molecule has 0 spiro atoms. The maximum atomic E-state index is 12.9. The Kier molecular flexibility index (Phi) is 4.56. The van der Waals surface area contributed by atoms with E-state index >= 15 is 0 Å². The van der Waals surface area contributed by atoms with Crippen molar-refractivity contribution in [2.75, 3.05) is 6.54 Å². The molecule has 3 atom stereocenters. The molecule has 4 rings (SSSR count). The average molecular weight is 363 g/mol. The van der Waals surface area contributed by atoms with Crippen molar-refractivity contribution in [3.8, 4) is 0 Å². The van der Waals surface area contributed by atoms with E-state index in [0.717, 1.165) is 19.3 Å². The zero-order valence-corrected chi connectivity index (χ0v) is 15.0. The van der Waals surface area contributed by atoms with Gasteiger partial charge in [0.2, 0.25) is 15.9 Å². The van der Waals surface area contributed by atoms with Crippen LogP contribution in [0.3, 0.4) is 0 Å². The van der Waals surface area contributed by atoms with Gasteiger partial charge in [-0.15, -0.1) is 0 Å². The summed E-state index contributed by atoms with van der Waals surface area (Å²) in [5.41, 5.74) is 0. The van der Waals surface area contributed by atoms with Crippen molar-refractivity contribution in [1.82, 2.24) is 14.9 Å². The second-order valence-corrected chi connectivity index (χ2v) is 9.29. The Morgan fingerprint density at radius 3 is 2.44 bits per heavy atom. The van der Waals surface area contributed by atoms with Gasteiger partial charge in [0, 0.05) is 24.7 Å². The van der Waals surface area contributed by atoms with Crippen LogP contribution in [0.15, 0.2) is 35.2 Å². The first kappa shape index (κ1) is 17.0. The standard InChI is InChI=1S/C18H25N3O3S/c22-18(20-15-11-13-8-9-14(12-15)19-13)17-7-4-10-21(17)25(23,24)16-5-2-1-3-6-16/h1-3,5-6,13-15,17,19H,4,7-12H2,(H,20,22). The van der Waals surface area contributed by atoms with Crippen LogP contribution in [0.25, 0.3) is 0 Å². The number of fused-ring (bicyclic) bond motifs is 2. The molecule has 3 aliphatic heterocycles. The Morgan fingerprint density at radius 1 is 1.08 bits per heavy atom. The molecular formula is C18H25N3O3S. The number of nitrogens with zero attached hydrogens (tertiary/aromatic N) is 1. The number of hydrogen-bond donors (Lipinski definition) is 2. The maximum absolute atomic E-state index is 12.9. The predicted octanol–water partition coefficient (Wildman–Crippen LogP) is 1.24. The smallest absolute Gasteiger partial charge is 0.243 e. The van der Waals surface area contributed by atoms with Crippen LogP contribution in [0, 0.1) is 0 Å². The van der Waals surface area contributed by atoms with E-state index in [2.05, 4.69) is 10.6 Å². The molecule has 7 heteroatoms. The molecule has 1 aromatic carbocycles. The lowest BCUT2D eigenvalue weighted by Crippen LogP contribution is -2.53. The van der Waals surface area contributed by atoms with Gasteiger partial charge in [0.1, 0.15) is 6.04 Å². The molecule has 0 radical (unpaired) electrons. The largest absolute Gasteiger partial charge is 0.352 e. The summed E-state index contributed by atoms with van der Waals surface area (Å²) in [6, 6.07) is 8.96. The third kappa shape index (κ3) is 3.32. The quantitative estimate of drug-likeness (QED) is 0.844. The van der Waals surface area contributed by atoms with Gasteiger partial charge in [-0.3, -0.25) is 4.79 Å². The molecule has 136 valence electrons. The molecule has 0 saturated carbocycles. The molecule has 2 bridgehead atoms. The minimum atomic E-state index is -3.62. The van der Waals surface area contributed by atoms with E-state index in [-0.39, 0.29) is 16.8 Å². The first-order chi connectivity index (χ1) is 12.0. The van der Waals surface area contributed by atoms with Gasteiger partial charge in [0.25, 0.3) is 0 Å². The lowest BCUT2D eigenvalue weighted by atomic mass is 9.99. The minimum absolute atomic E-state index is 0.136. The van der Waals surface area contributed by atoms with Crippen LogP contribution >= 0.6 is 0 Å². The van der Waals surface area contributed by atoms with Crippen molar-refractivity contribution in [3.63, 3.8) is 0 Å². The molecule has 3 fully saturated rings. The van der Waals surface area contributed by atoms with Gasteiger partial charge in [0.05, 0.1) is 4.90 Å². The zero-order valence-electron chi connectivity index (χ0n) is 14.2. The summed E-state index contributed by atoms with van der Waals surface area (Å²) < 4.78 is 27.2. The van der Waals surface area contributed by atoms with E-state index in [1.807, 2.05) is 0 Å². The average Bonchev–Trinajstić information content (AvgIpc) is 3.23. The monoisotopic (exact) mass is 363 g/mol. The molecule has 2 N–H and O–H groups in total. The van der Waals surface area contributed by atoms with Gasteiger partial charge in [-0.1, -0.05) is 18.2 Å². The Balaban J connectivity index is 1.47. The molecule has 3 aliphatic rings. The Bertz CT molecular complexity index is 725. The number of rotatable bonds is 4. The van der Waals surface area contributed by atoms with Crippen molar-refractivity contribution in [2.24, 2.45) is 0 Å². The summed E-state index contributed by atoms with van der Waals surface area (Å²) in [7, 11) is -3.62. The second-order valence-electron chi connectivity index (χ2n) is 7.40. The van der Waals surface area contributed by atoms with Gasteiger partial charge in [-0.2, -0.15) is 4.31 Å². The second kappa shape index (κ2) is 6.70. The fourth-order valence-corrected chi connectivity index (χ4v) is 6.17. The molecular weight excluding hydrogens is 338 g/mol. The van der Waals surface area contributed by atoms with Crippen molar-refractivity contribution in [2.45, 2.75) is 67.6 Å². The number of carbonyl (C=O) groups is 1. The van der Waals surface area contributed by atoms with Gasteiger partial charge in [-0.25, -0.2) is 8.42 Å². The van der Waals surface area contributed by atoms with E-state index in [0.29, 0.717) is 25.0 Å². The molecule has 0 aliphatic carbocycles. The molecule has 3 unspecified atom stereocenters. The van der Waals surface area contributed by atoms with Crippen molar-refractivity contribution in [1.29, 1.82) is 0 Å². The zero-order chi connectivity index (χ0) is 17.4. The third-order valence-corrected chi connectivity index (χ3v) is 7.60. The minimum Gasteiger partial charge on any atom is -0.352 e. The molecule has 1 amide bonds. The van der Waals surface area contributed by atoms with E-state index in [1.54, 1.807) is 30.3 Å². The molecule has 25 heavy (non-hydrogen) atoms. The number of hydrogen-bond acceptors (Lipinski definition) is 4. The molecule has 3 saturated heterocycles. The normalized spacial score (nSPS) is 32.6. The fraction of sp³-hybridized carbons (Fsp3) is 0.611. The van der Waals surface area contributed by atoms with Gasteiger partial charge in [-0.05, 0) is 50.7 Å². The lowest BCUT2D eigenvalue weighted by Gasteiger charge is -2.31. The van der Waals surface area contributed by atoms with Crippen LogP contribution in [0.1, 0.15) is 38.5 Å². The SMILES string of the molecule is O=C(NC1CC2CCC(C1)N2)C1CCCN1S(=O)(=O)c1ccccc1. The number of carbonyl (C=O) groups excluding carboxylic acids is 1. The predicted molar refractivity (Wildman–Crippen MR) is 94.5 cm³/mol. The number of sulfonamides is 1. The van der Waals surface area contributed by atoms with E-state index in [9.17, 15) is 13.2 Å². The van der Waals surface area contributed by atoms with Crippen LogP contribution in [-0.4, -0.2) is 49.3 Å². The van der Waals surface area contributed by atoms with Gasteiger partial charge >= 0.3 is 0 Å². The van der Waals surface area contributed by atoms with Crippen LogP contribution in [-0.2, 0) is 14.8 Å². The van der Waals surface area contributed by atoms with E-state index in [4.69, 9.17) is 0 Å². The number of piperidine rings is 1. The van der Waals surface area contributed by atoms with Crippen molar-refractivity contribution < 1.29 is 13.2 Å². The van der Waals surface area contributed by atoms with E-state index in [1.165, 1.54) is 17.1 Å². The summed E-state index contributed by atoms with van der Waals surface area (Å²) in [6.07, 6.45) is 5.56. The third-order valence-electron chi connectivity index (χ3n) is 5.68. The maximum Gasteiger partial charge on any atom is 0.243 e. The number of amides is 1. The summed E-state index contributed by atoms with van der Waals surface area (Å²) in [5.74, 6) is -0.136. The Labute approximate surface area is 149 Å². The molecule has 6 nitrogen and oxygen atoms in total. The highest BCUT2D eigenvalue weighted by atomic mass is 32.2. The molecule has 3 heterocycles. The first-order valence-corrected chi connectivity index (χ1v) is 10.6. The number of benzene rings is 1. The topological polar surface area (TPSA) is 78.5 Å². The van der Waals surface area contributed by atoms with Crippen LogP contribution < -0.4 is 10.6 Å². The van der Waals surface area contributed by atoms with Crippen molar-refractivity contribution >= 4 is 15.9 Å². The van der Waals surface area contributed by atoms with Gasteiger partial charge in [0.15, 0.2) is 0 Å². The summed E-state index contributed by atoms with van der Waals surface area (Å²) in [6.45, 7) is 0.410. The Morgan fingerprint density at radius 2 is 1.76 bits per heavy atom. The summed E-state index contributed by atoms with van der Waals surface area (Å²) in [5, 5.41) is 6.69. The molecule has 0 aromatic heterocycles. The fourth-order valence-electron chi connectivity index (χ4n) is 4.49. The van der Waals surface area contributed by atoms with Crippen LogP contribution in [0.4, 0.5) is 0 Å². The van der Waals surface area contributed by atoms with Crippen LogP contribution in [0.5, 0.6) is 0 Å². The number of nitrogens with one attached hydrogen (secondary N) is 2. The highest BCUT2D eigenvalue weighted by molar-refractivity contribution is 7.89. The Hall–Kier alpha value is -1.44. The van der Waals surface area contributed by atoms with Crippen LogP contribution in [0.2, 0.25) is 0 Å². The van der Waals surface area contributed by atoms with E-state index < -0.39 is 16.1 Å². The summed E-state index contributed by atoms with van der Waals surface area (Å²) in [4.78, 5) is 13.1. The van der Waals surface area contributed by atoms with Crippen molar-refractivity contribution in [3.05, 3.63) is 30.3 Å². The summed E-state index contributed by atoms with van der Waals surface area (Å²) >= 11 is 0.